The first-order valence-electron chi connectivity index (χ1n) is 7.20. The SMILES string of the molecule is CC(=O)Nc1ccc2c(N)c(OCCC(C)C)ccc2c1. The van der Waals surface area contributed by atoms with Crippen LogP contribution < -0.4 is 15.8 Å². The van der Waals surface area contributed by atoms with Crippen LogP contribution in [0.1, 0.15) is 27.2 Å². The quantitative estimate of drug-likeness (QED) is 0.822. The monoisotopic (exact) mass is 286 g/mol. The Balaban J connectivity index is 2.24. The Morgan fingerprint density at radius 1 is 1.29 bits per heavy atom. The molecule has 2 aromatic rings. The number of rotatable bonds is 5. The lowest BCUT2D eigenvalue weighted by Gasteiger charge is -2.13. The number of anilines is 2. The highest BCUT2D eigenvalue weighted by atomic mass is 16.5. The van der Waals surface area contributed by atoms with Gasteiger partial charge in [0.25, 0.3) is 0 Å². The third-order valence-electron chi connectivity index (χ3n) is 3.29. The molecule has 21 heavy (non-hydrogen) atoms. The molecule has 0 heterocycles. The summed E-state index contributed by atoms with van der Waals surface area (Å²) in [6, 6.07) is 9.51. The predicted molar refractivity (Wildman–Crippen MR) is 87.6 cm³/mol. The van der Waals surface area contributed by atoms with Gasteiger partial charge in [-0.1, -0.05) is 26.0 Å². The van der Waals surface area contributed by atoms with E-state index in [0.29, 0.717) is 18.2 Å². The normalized spacial score (nSPS) is 10.9. The predicted octanol–water partition coefficient (Wildman–Crippen LogP) is 3.81. The van der Waals surface area contributed by atoms with Gasteiger partial charge in [-0.15, -0.1) is 0 Å². The lowest BCUT2D eigenvalue weighted by atomic mass is 10.1. The van der Waals surface area contributed by atoms with Crippen LogP contribution in [0.3, 0.4) is 0 Å². The standard InChI is InChI=1S/C17H22N2O2/c1-11(2)8-9-21-16-7-4-13-10-14(19-12(3)20)5-6-15(13)17(16)18/h4-7,10-11H,8-9,18H2,1-3H3,(H,19,20). The van der Waals surface area contributed by atoms with Crippen molar-refractivity contribution in [3.63, 3.8) is 0 Å². The molecule has 0 fully saturated rings. The molecular formula is C17H22N2O2. The van der Waals surface area contributed by atoms with Gasteiger partial charge in [-0.3, -0.25) is 4.79 Å². The molecule has 0 aliphatic carbocycles. The van der Waals surface area contributed by atoms with Gasteiger partial charge in [-0.25, -0.2) is 0 Å². The highest BCUT2D eigenvalue weighted by Crippen LogP contribution is 2.32. The summed E-state index contributed by atoms with van der Waals surface area (Å²) in [7, 11) is 0. The van der Waals surface area contributed by atoms with Crippen molar-refractivity contribution in [3.05, 3.63) is 30.3 Å². The average molecular weight is 286 g/mol. The molecule has 0 saturated carbocycles. The van der Waals surface area contributed by atoms with Crippen LogP contribution >= 0.6 is 0 Å². The molecule has 112 valence electrons. The van der Waals surface area contributed by atoms with E-state index < -0.39 is 0 Å². The van der Waals surface area contributed by atoms with Crippen LogP contribution in [-0.2, 0) is 4.79 Å². The summed E-state index contributed by atoms with van der Waals surface area (Å²) in [6.07, 6.45) is 0.999. The zero-order valence-corrected chi connectivity index (χ0v) is 12.8. The molecule has 0 bridgehead atoms. The van der Waals surface area contributed by atoms with E-state index >= 15 is 0 Å². The van der Waals surface area contributed by atoms with E-state index in [0.717, 1.165) is 28.6 Å². The van der Waals surface area contributed by atoms with Gasteiger partial charge in [0, 0.05) is 18.0 Å². The van der Waals surface area contributed by atoms with Crippen molar-refractivity contribution in [2.75, 3.05) is 17.7 Å². The zero-order valence-electron chi connectivity index (χ0n) is 12.8. The Morgan fingerprint density at radius 3 is 2.71 bits per heavy atom. The van der Waals surface area contributed by atoms with Crippen LogP contribution in [0, 0.1) is 5.92 Å². The van der Waals surface area contributed by atoms with E-state index in [1.165, 1.54) is 6.92 Å². The minimum atomic E-state index is -0.0871. The molecule has 4 heteroatoms. The Hall–Kier alpha value is -2.23. The van der Waals surface area contributed by atoms with Gasteiger partial charge >= 0.3 is 0 Å². The number of hydrogen-bond donors (Lipinski definition) is 2. The number of amides is 1. The summed E-state index contributed by atoms with van der Waals surface area (Å²) < 4.78 is 5.76. The third kappa shape index (κ3) is 3.88. The van der Waals surface area contributed by atoms with Gasteiger partial charge in [0.15, 0.2) is 0 Å². The maximum absolute atomic E-state index is 11.1. The number of nitrogen functional groups attached to an aromatic ring is 1. The molecule has 3 N–H and O–H groups in total. The molecule has 2 rings (SSSR count). The Morgan fingerprint density at radius 2 is 2.05 bits per heavy atom. The van der Waals surface area contributed by atoms with Gasteiger partial charge in [0.1, 0.15) is 5.75 Å². The number of nitrogens with two attached hydrogens (primary N) is 1. The van der Waals surface area contributed by atoms with Crippen molar-refractivity contribution in [2.24, 2.45) is 5.92 Å². The molecule has 0 aliphatic rings. The fourth-order valence-electron chi connectivity index (χ4n) is 2.15. The first-order chi connectivity index (χ1) is 9.97. The fourth-order valence-corrected chi connectivity index (χ4v) is 2.15. The molecule has 1 amide bonds. The van der Waals surface area contributed by atoms with Gasteiger partial charge in [-0.2, -0.15) is 0 Å². The van der Waals surface area contributed by atoms with Gasteiger partial charge in [0.2, 0.25) is 5.91 Å². The van der Waals surface area contributed by atoms with Crippen LogP contribution in [0.15, 0.2) is 30.3 Å². The summed E-state index contributed by atoms with van der Waals surface area (Å²) >= 11 is 0. The largest absolute Gasteiger partial charge is 0.491 e. The van der Waals surface area contributed by atoms with Gasteiger partial charge in [-0.05, 0) is 35.9 Å². The maximum atomic E-state index is 11.1. The molecule has 0 radical (unpaired) electrons. The topological polar surface area (TPSA) is 64.4 Å². The second-order valence-electron chi connectivity index (χ2n) is 5.63. The molecule has 4 nitrogen and oxygen atoms in total. The Labute approximate surface area is 125 Å². The molecule has 0 unspecified atom stereocenters. The van der Waals surface area contributed by atoms with Crippen molar-refractivity contribution in [3.8, 4) is 5.75 Å². The van der Waals surface area contributed by atoms with Crippen LogP contribution in [-0.4, -0.2) is 12.5 Å². The minimum Gasteiger partial charge on any atom is -0.491 e. The molecular weight excluding hydrogens is 264 g/mol. The summed E-state index contributed by atoms with van der Waals surface area (Å²) in [6.45, 7) is 6.48. The molecule has 0 aliphatic heterocycles. The number of benzene rings is 2. The number of carbonyl (C=O) groups is 1. The first-order valence-corrected chi connectivity index (χ1v) is 7.20. The number of hydrogen-bond acceptors (Lipinski definition) is 3. The van der Waals surface area contributed by atoms with E-state index in [1.807, 2.05) is 30.3 Å². The van der Waals surface area contributed by atoms with Crippen molar-refractivity contribution < 1.29 is 9.53 Å². The number of carbonyl (C=O) groups excluding carboxylic acids is 1. The summed E-state index contributed by atoms with van der Waals surface area (Å²) in [4.78, 5) is 11.1. The van der Waals surface area contributed by atoms with E-state index in [1.54, 1.807) is 0 Å². The van der Waals surface area contributed by atoms with Crippen LogP contribution in [0.5, 0.6) is 5.75 Å². The van der Waals surface area contributed by atoms with E-state index in [9.17, 15) is 4.79 Å². The second-order valence-corrected chi connectivity index (χ2v) is 5.63. The summed E-state index contributed by atoms with van der Waals surface area (Å²) in [5, 5.41) is 4.68. The molecule has 0 spiro atoms. The number of nitrogens with one attached hydrogen (secondary N) is 1. The highest BCUT2D eigenvalue weighted by Gasteiger charge is 2.07. The van der Waals surface area contributed by atoms with Crippen LogP contribution in [0.2, 0.25) is 0 Å². The van der Waals surface area contributed by atoms with E-state index in [-0.39, 0.29) is 5.91 Å². The smallest absolute Gasteiger partial charge is 0.221 e. The fraction of sp³-hybridized carbons (Fsp3) is 0.353. The lowest BCUT2D eigenvalue weighted by Crippen LogP contribution is -2.06. The maximum Gasteiger partial charge on any atom is 0.221 e. The van der Waals surface area contributed by atoms with Crippen LogP contribution in [0.25, 0.3) is 10.8 Å². The average Bonchev–Trinajstić information content (AvgIpc) is 2.40. The summed E-state index contributed by atoms with van der Waals surface area (Å²) in [5.41, 5.74) is 7.59. The van der Waals surface area contributed by atoms with Crippen LogP contribution in [0.4, 0.5) is 11.4 Å². The van der Waals surface area contributed by atoms with Gasteiger partial charge < -0.3 is 15.8 Å². The third-order valence-corrected chi connectivity index (χ3v) is 3.29. The van der Waals surface area contributed by atoms with Crippen molar-refractivity contribution in [1.82, 2.24) is 0 Å². The van der Waals surface area contributed by atoms with E-state index in [4.69, 9.17) is 10.5 Å². The molecule has 2 aromatic carbocycles. The number of ether oxygens (including phenoxy) is 1. The van der Waals surface area contributed by atoms with Crippen molar-refractivity contribution in [2.45, 2.75) is 27.2 Å². The minimum absolute atomic E-state index is 0.0871. The molecule has 0 saturated heterocycles. The van der Waals surface area contributed by atoms with E-state index in [2.05, 4.69) is 19.2 Å². The Kier molecular flexibility index (Phi) is 4.68. The van der Waals surface area contributed by atoms with Gasteiger partial charge in [0.05, 0.1) is 12.3 Å². The summed E-state index contributed by atoms with van der Waals surface area (Å²) in [5.74, 6) is 1.23. The van der Waals surface area contributed by atoms with Crippen molar-refractivity contribution >= 4 is 28.1 Å². The van der Waals surface area contributed by atoms with Crippen molar-refractivity contribution in [1.29, 1.82) is 0 Å². The zero-order chi connectivity index (χ0) is 15.4. The highest BCUT2D eigenvalue weighted by molar-refractivity contribution is 5.99. The lowest BCUT2D eigenvalue weighted by molar-refractivity contribution is -0.114. The Bertz CT molecular complexity index is 651. The second kappa shape index (κ2) is 6.48. The molecule has 0 atom stereocenters. The molecule has 0 aromatic heterocycles. The number of fused-ring (bicyclic) bond motifs is 1. The first kappa shape index (κ1) is 15.2.